The number of halogens is 1. The highest BCUT2D eigenvalue weighted by Crippen LogP contribution is 2.29. The highest BCUT2D eigenvalue weighted by molar-refractivity contribution is 7.92. The van der Waals surface area contributed by atoms with E-state index in [4.69, 9.17) is 16.3 Å². The smallest absolute Gasteiger partial charge is 0.273 e. The minimum Gasteiger partial charge on any atom is -0.497 e. The van der Waals surface area contributed by atoms with E-state index in [2.05, 4.69) is 10.5 Å². The highest BCUT2D eigenvalue weighted by atomic mass is 35.5. The number of aryl methyl sites for hydroxylation is 1. The average Bonchev–Trinajstić information content (AvgIpc) is 2.86. The van der Waals surface area contributed by atoms with Gasteiger partial charge in [0.05, 0.1) is 28.3 Å². The molecule has 36 heavy (non-hydrogen) atoms. The van der Waals surface area contributed by atoms with E-state index in [1.165, 1.54) is 50.4 Å². The zero-order chi connectivity index (χ0) is 26.5. The molecule has 0 unspecified atom stereocenters. The van der Waals surface area contributed by atoms with Crippen molar-refractivity contribution in [3.8, 4) is 5.75 Å². The molecule has 0 saturated carbocycles. The molecule has 3 aromatic rings. The summed E-state index contributed by atoms with van der Waals surface area (Å²) in [6.45, 7) is 2.55. The van der Waals surface area contributed by atoms with Crippen LogP contribution in [0, 0.1) is 17.0 Å². The molecule has 12 heteroatoms. The molecule has 3 aromatic carbocycles. The van der Waals surface area contributed by atoms with E-state index in [1.807, 2.05) is 0 Å². The van der Waals surface area contributed by atoms with Gasteiger partial charge in [-0.1, -0.05) is 29.8 Å². The summed E-state index contributed by atoms with van der Waals surface area (Å²) in [5, 5.41) is 16.0. The number of nitrogens with zero attached hydrogens (tertiary/aromatic N) is 3. The number of amides is 1. The number of nitro benzene ring substituents is 1. The third-order valence-corrected chi connectivity index (χ3v) is 7.25. The van der Waals surface area contributed by atoms with Crippen molar-refractivity contribution in [1.29, 1.82) is 0 Å². The van der Waals surface area contributed by atoms with Gasteiger partial charge in [-0.15, -0.1) is 0 Å². The fourth-order valence-electron chi connectivity index (χ4n) is 3.20. The van der Waals surface area contributed by atoms with Crippen molar-refractivity contribution in [2.75, 3.05) is 18.0 Å². The number of nitrogens with one attached hydrogen (secondary N) is 1. The molecule has 0 aromatic heterocycles. The van der Waals surface area contributed by atoms with Crippen molar-refractivity contribution in [1.82, 2.24) is 5.43 Å². The van der Waals surface area contributed by atoms with E-state index in [1.54, 1.807) is 31.2 Å². The van der Waals surface area contributed by atoms with Crippen molar-refractivity contribution < 1.29 is 22.9 Å². The lowest BCUT2D eigenvalue weighted by Crippen LogP contribution is -2.39. The standard InChI is InChI=1S/C24H23ClN4O6S/c1-16-4-13-22(14-23(16)29(31)32)36(33,34)28(20-9-11-21(35-3)12-10-20)15-24(30)27-26-17(2)18-5-7-19(25)8-6-18/h4-14H,15H2,1-3H3,(H,27,30)/b26-17-. The predicted octanol–water partition coefficient (Wildman–Crippen LogP) is 4.30. The number of rotatable bonds is 9. The van der Waals surface area contributed by atoms with E-state index in [9.17, 15) is 23.3 Å². The van der Waals surface area contributed by atoms with Crippen molar-refractivity contribution in [2.24, 2.45) is 5.10 Å². The molecule has 0 saturated heterocycles. The number of nitro groups is 1. The number of carbonyl (C=O) groups excluding carboxylic acids is 1. The Hall–Kier alpha value is -3.96. The molecule has 0 radical (unpaired) electrons. The van der Waals surface area contributed by atoms with Gasteiger partial charge in [-0.05, 0) is 61.9 Å². The first-order chi connectivity index (χ1) is 17.0. The number of sulfonamides is 1. The first-order valence-corrected chi connectivity index (χ1v) is 12.4. The molecule has 1 amide bonds. The zero-order valence-corrected chi connectivity index (χ0v) is 21.2. The summed E-state index contributed by atoms with van der Waals surface area (Å²) in [7, 11) is -2.91. The fourth-order valence-corrected chi connectivity index (χ4v) is 4.77. The second kappa shape index (κ2) is 11.2. The van der Waals surface area contributed by atoms with Gasteiger partial charge in [0, 0.05) is 16.7 Å². The molecule has 0 heterocycles. The Labute approximate surface area is 213 Å². The van der Waals surface area contributed by atoms with Gasteiger partial charge in [0.15, 0.2) is 0 Å². The minimum atomic E-state index is -4.37. The van der Waals surface area contributed by atoms with Crippen LogP contribution in [0.2, 0.25) is 5.02 Å². The molecule has 0 aliphatic rings. The molecular weight excluding hydrogens is 508 g/mol. The highest BCUT2D eigenvalue weighted by Gasteiger charge is 2.29. The van der Waals surface area contributed by atoms with Gasteiger partial charge >= 0.3 is 0 Å². The van der Waals surface area contributed by atoms with E-state index < -0.39 is 27.4 Å². The Balaban J connectivity index is 1.94. The maximum absolute atomic E-state index is 13.5. The van der Waals surface area contributed by atoms with Crippen LogP contribution < -0.4 is 14.5 Å². The van der Waals surface area contributed by atoms with Gasteiger partial charge in [0.2, 0.25) is 0 Å². The summed E-state index contributed by atoms with van der Waals surface area (Å²) in [6, 6.07) is 16.4. The van der Waals surface area contributed by atoms with E-state index in [0.717, 1.165) is 10.4 Å². The molecule has 0 fully saturated rings. The molecule has 3 rings (SSSR count). The van der Waals surface area contributed by atoms with Crippen LogP contribution in [0.5, 0.6) is 5.75 Å². The maximum Gasteiger partial charge on any atom is 0.273 e. The van der Waals surface area contributed by atoms with Gasteiger partial charge in [-0.2, -0.15) is 5.10 Å². The largest absolute Gasteiger partial charge is 0.497 e. The second-order valence-corrected chi connectivity index (χ2v) is 9.95. The second-order valence-electron chi connectivity index (χ2n) is 7.65. The summed E-state index contributed by atoms with van der Waals surface area (Å²) in [4.78, 5) is 23.2. The summed E-state index contributed by atoms with van der Waals surface area (Å²) < 4.78 is 33.1. The molecule has 0 atom stereocenters. The van der Waals surface area contributed by atoms with Crippen LogP contribution in [0.15, 0.2) is 76.7 Å². The van der Waals surface area contributed by atoms with Crippen molar-refractivity contribution in [2.45, 2.75) is 18.7 Å². The zero-order valence-electron chi connectivity index (χ0n) is 19.6. The van der Waals surface area contributed by atoms with E-state index in [0.29, 0.717) is 27.6 Å². The summed E-state index contributed by atoms with van der Waals surface area (Å²) >= 11 is 5.89. The lowest BCUT2D eigenvalue weighted by atomic mass is 10.1. The number of hydrazone groups is 1. The quantitative estimate of drug-likeness (QED) is 0.249. The number of benzene rings is 3. The SMILES string of the molecule is COc1ccc(N(CC(=O)N/N=C(/C)c2ccc(Cl)cc2)S(=O)(=O)c2ccc(C)c([N+](=O)[O-])c2)cc1. The Kier molecular flexibility index (Phi) is 8.28. The molecule has 1 N–H and O–H groups in total. The molecule has 0 aliphatic carbocycles. The molecular formula is C24H23ClN4O6S. The number of hydrogen-bond acceptors (Lipinski definition) is 7. The lowest BCUT2D eigenvalue weighted by Gasteiger charge is -2.24. The monoisotopic (exact) mass is 530 g/mol. The topological polar surface area (TPSA) is 131 Å². The lowest BCUT2D eigenvalue weighted by molar-refractivity contribution is -0.385. The number of anilines is 1. The molecule has 188 valence electrons. The molecule has 0 aliphatic heterocycles. The van der Waals surface area contributed by atoms with Crippen LogP contribution in [0.1, 0.15) is 18.1 Å². The van der Waals surface area contributed by atoms with Crippen LogP contribution in [0.3, 0.4) is 0 Å². The van der Waals surface area contributed by atoms with E-state index >= 15 is 0 Å². The third-order valence-electron chi connectivity index (χ3n) is 5.22. The third kappa shape index (κ3) is 6.18. The summed E-state index contributed by atoms with van der Waals surface area (Å²) in [5.41, 5.74) is 3.67. The Bertz CT molecular complexity index is 1410. The Morgan fingerprint density at radius 2 is 1.75 bits per heavy atom. The van der Waals surface area contributed by atoms with Gasteiger partial charge in [0.1, 0.15) is 12.3 Å². The summed E-state index contributed by atoms with van der Waals surface area (Å²) in [6.07, 6.45) is 0. The fraction of sp³-hybridized carbons (Fsp3) is 0.167. The van der Waals surface area contributed by atoms with Crippen LogP contribution in [-0.4, -0.2) is 38.6 Å². The normalized spacial score (nSPS) is 11.6. The van der Waals surface area contributed by atoms with Gasteiger partial charge in [0.25, 0.3) is 21.6 Å². The minimum absolute atomic E-state index is 0.160. The van der Waals surface area contributed by atoms with Crippen LogP contribution in [0.25, 0.3) is 0 Å². The Morgan fingerprint density at radius 1 is 1.11 bits per heavy atom. The number of ether oxygens (including phenoxy) is 1. The van der Waals surface area contributed by atoms with Gasteiger partial charge in [-0.25, -0.2) is 13.8 Å². The van der Waals surface area contributed by atoms with Crippen molar-refractivity contribution in [3.63, 3.8) is 0 Å². The Morgan fingerprint density at radius 3 is 2.33 bits per heavy atom. The molecule has 10 nitrogen and oxygen atoms in total. The average molecular weight is 531 g/mol. The summed E-state index contributed by atoms with van der Waals surface area (Å²) in [5.74, 6) is -0.237. The maximum atomic E-state index is 13.5. The van der Waals surface area contributed by atoms with Crippen LogP contribution in [0.4, 0.5) is 11.4 Å². The van der Waals surface area contributed by atoms with Crippen LogP contribution in [-0.2, 0) is 14.8 Å². The van der Waals surface area contributed by atoms with Gasteiger partial charge < -0.3 is 4.74 Å². The number of methoxy groups -OCH3 is 1. The first kappa shape index (κ1) is 26.6. The molecule has 0 spiro atoms. The number of hydrogen-bond donors (Lipinski definition) is 1. The van der Waals surface area contributed by atoms with Crippen LogP contribution >= 0.6 is 11.6 Å². The predicted molar refractivity (Wildman–Crippen MR) is 137 cm³/mol. The number of carbonyl (C=O) groups is 1. The first-order valence-electron chi connectivity index (χ1n) is 10.5. The van der Waals surface area contributed by atoms with E-state index in [-0.39, 0.29) is 16.3 Å². The van der Waals surface area contributed by atoms with Gasteiger partial charge in [-0.3, -0.25) is 19.2 Å². The molecule has 0 bridgehead atoms. The van der Waals surface area contributed by atoms with Crippen molar-refractivity contribution >= 4 is 44.6 Å². The van der Waals surface area contributed by atoms with Crippen molar-refractivity contribution in [3.05, 3.63) is 93.0 Å².